The molecule has 0 radical (unpaired) electrons. The van der Waals surface area contributed by atoms with Gasteiger partial charge in [-0.05, 0) is 22.9 Å². The number of esters is 1. The van der Waals surface area contributed by atoms with Crippen molar-refractivity contribution in [1.29, 1.82) is 0 Å². The Morgan fingerprint density at radius 2 is 2.25 bits per heavy atom. The summed E-state index contributed by atoms with van der Waals surface area (Å²) in [6.45, 7) is 1.86. The third kappa shape index (κ3) is 1.36. The smallest absolute Gasteiger partial charge is 0.359 e. The molecule has 0 N–H and O–H groups in total. The quantitative estimate of drug-likeness (QED) is 0.686. The normalized spacial score (nSPS) is 10.0. The Bertz CT molecular complexity index is 319. The van der Waals surface area contributed by atoms with E-state index in [-0.39, 0.29) is 0 Å². The largest absolute Gasteiger partial charge is 0.464 e. The fraction of sp³-hybridized carbons (Fsp3) is 0.429. The van der Waals surface area contributed by atoms with Crippen LogP contribution in [-0.4, -0.2) is 22.9 Å². The van der Waals surface area contributed by atoms with Gasteiger partial charge in [-0.2, -0.15) is 5.10 Å². The first-order valence-electron chi connectivity index (χ1n) is 3.35. The van der Waals surface area contributed by atoms with Crippen molar-refractivity contribution in [2.45, 2.75) is 6.92 Å². The van der Waals surface area contributed by atoms with Gasteiger partial charge in [0.1, 0.15) is 0 Å². The highest BCUT2D eigenvalue weighted by molar-refractivity contribution is 9.10. The second-order valence-corrected chi connectivity index (χ2v) is 3.16. The second-order valence-electron chi connectivity index (χ2n) is 2.36. The van der Waals surface area contributed by atoms with E-state index in [0.29, 0.717) is 10.2 Å². The van der Waals surface area contributed by atoms with Crippen molar-refractivity contribution in [2.75, 3.05) is 7.11 Å². The molecule has 0 saturated heterocycles. The van der Waals surface area contributed by atoms with E-state index in [0.717, 1.165) is 5.69 Å². The monoisotopic (exact) mass is 232 g/mol. The maximum atomic E-state index is 11.1. The van der Waals surface area contributed by atoms with Crippen LogP contribution in [0.1, 0.15) is 16.2 Å². The van der Waals surface area contributed by atoms with E-state index < -0.39 is 5.97 Å². The van der Waals surface area contributed by atoms with Crippen LogP contribution in [0.25, 0.3) is 0 Å². The highest BCUT2D eigenvalue weighted by Crippen LogP contribution is 2.20. The predicted molar refractivity (Wildman–Crippen MR) is 47.0 cm³/mol. The molecule has 0 saturated carbocycles. The highest BCUT2D eigenvalue weighted by Gasteiger charge is 2.17. The molecular weight excluding hydrogens is 224 g/mol. The summed E-state index contributed by atoms with van der Waals surface area (Å²) in [7, 11) is 3.10. The van der Waals surface area contributed by atoms with Gasteiger partial charge in [0.25, 0.3) is 0 Å². The number of nitrogens with zero attached hydrogens (tertiary/aromatic N) is 2. The molecule has 0 aliphatic rings. The number of halogens is 1. The van der Waals surface area contributed by atoms with Crippen LogP contribution < -0.4 is 0 Å². The number of methoxy groups -OCH3 is 1. The van der Waals surface area contributed by atoms with Crippen LogP contribution in [0.15, 0.2) is 4.47 Å². The van der Waals surface area contributed by atoms with Gasteiger partial charge in [-0.1, -0.05) is 0 Å². The van der Waals surface area contributed by atoms with Crippen LogP contribution in [-0.2, 0) is 11.8 Å². The van der Waals surface area contributed by atoms with Gasteiger partial charge in [0, 0.05) is 7.05 Å². The molecule has 0 atom stereocenters. The zero-order valence-electron chi connectivity index (χ0n) is 7.09. The van der Waals surface area contributed by atoms with E-state index in [2.05, 4.69) is 25.8 Å². The lowest BCUT2D eigenvalue weighted by molar-refractivity contribution is 0.0592. The average molecular weight is 233 g/mol. The zero-order valence-corrected chi connectivity index (χ0v) is 8.67. The molecule has 0 fully saturated rings. The van der Waals surface area contributed by atoms with Crippen molar-refractivity contribution in [3.05, 3.63) is 15.9 Å². The van der Waals surface area contributed by atoms with E-state index in [1.165, 1.54) is 7.11 Å². The Morgan fingerprint density at radius 1 is 1.67 bits per heavy atom. The van der Waals surface area contributed by atoms with E-state index in [1.807, 2.05) is 6.92 Å². The molecule has 1 rings (SSSR count). The van der Waals surface area contributed by atoms with Crippen molar-refractivity contribution < 1.29 is 9.53 Å². The molecule has 1 heterocycles. The predicted octanol–water partition coefficient (Wildman–Crippen LogP) is 1.28. The van der Waals surface area contributed by atoms with Crippen LogP contribution in [0.5, 0.6) is 0 Å². The number of rotatable bonds is 1. The Kier molecular flexibility index (Phi) is 2.52. The minimum absolute atomic E-state index is 0.317. The lowest BCUT2D eigenvalue weighted by Gasteiger charge is -1.92. The second kappa shape index (κ2) is 3.26. The van der Waals surface area contributed by atoms with Crippen LogP contribution in [0.4, 0.5) is 0 Å². The molecule has 0 spiro atoms. The fourth-order valence-electron chi connectivity index (χ4n) is 0.809. The summed E-state index contributed by atoms with van der Waals surface area (Å²) in [5, 5.41) is 3.98. The summed E-state index contributed by atoms with van der Waals surface area (Å²) >= 11 is 3.26. The van der Waals surface area contributed by atoms with Gasteiger partial charge in [0.2, 0.25) is 0 Å². The maximum absolute atomic E-state index is 11.1. The molecule has 0 bridgehead atoms. The molecule has 12 heavy (non-hydrogen) atoms. The lowest BCUT2D eigenvalue weighted by Crippen LogP contribution is -2.03. The van der Waals surface area contributed by atoms with Crippen molar-refractivity contribution in [3.8, 4) is 0 Å². The number of ether oxygens (including phenoxy) is 1. The lowest BCUT2D eigenvalue weighted by atomic mass is 10.4. The third-order valence-electron chi connectivity index (χ3n) is 1.64. The molecule has 0 aromatic carbocycles. The standard InChI is InChI=1S/C7H9BrN2O2/c1-4-5(8)6(7(11)12-3)9-10(4)2/h1-3H3. The van der Waals surface area contributed by atoms with Crippen LogP contribution in [0.2, 0.25) is 0 Å². The van der Waals surface area contributed by atoms with Gasteiger partial charge < -0.3 is 4.74 Å². The van der Waals surface area contributed by atoms with Crippen LogP contribution in [0, 0.1) is 6.92 Å². The van der Waals surface area contributed by atoms with E-state index in [1.54, 1.807) is 11.7 Å². The summed E-state index contributed by atoms with van der Waals surface area (Å²) in [5.41, 5.74) is 1.22. The van der Waals surface area contributed by atoms with Gasteiger partial charge >= 0.3 is 5.97 Å². The molecule has 4 nitrogen and oxygen atoms in total. The Balaban J connectivity index is 3.17. The Morgan fingerprint density at radius 3 is 2.58 bits per heavy atom. The molecule has 5 heteroatoms. The number of aryl methyl sites for hydroxylation is 1. The van der Waals surface area contributed by atoms with Crippen molar-refractivity contribution >= 4 is 21.9 Å². The highest BCUT2D eigenvalue weighted by atomic mass is 79.9. The minimum Gasteiger partial charge on any atom is -0.464 e. The first-order chi connectivity index (χ1) is 5.57. The number of carbonyl (C=O) groups excluding carboxylic acids is 1. The van der Waals surface area contributed by atoms with Crippen molar-refractivity contribution in [1.82, 2.24) is 9.78 Å². The topological polar surface area (TPSA) is 44.1 Å². The van der Waals surface area contributed by atoms with E-state index in [4.69, 9.17) is 0 Å². The average Bonchev–Trinajstić information content (AvgIpc) is 2.32. The number of hydrogen-bond donors (Lipinski definition) is 0. The van der Waals surface area contributed by atoms with Crippen molar-refractivity contribution in [3.63, 3.8) is 0 Å². The molecule has 66 valence electrons. The van der Waals surface area contributed by atoms with E-state index in [9.17, 15) is 4.79 Å². The van der Waals surface area contributed by atoms with Crippen molar-refractivity contribution in [2.24, 2.45) is 7.05 Å². The third-order valence-corrected chi connectivity index (χ3v) is 2.59. The summed E-state index contributed by atoms with van der Waals surface area (Å²) in [5.74, 6) is -0.425. The Labute approximate surface area is 78.6 Å². The minimum atomic E-state index is -0.425. The zero-order chi connectivity index (χ0) is 9.30. The van der Waals surface area contributed by atoms with Gasteiger partial charge in [0.15, 0.2) is 5.69 Å². The van der Waals surface area contributed by atoms with Gasteiger partial charge in [-0.3, -0.25) is 4.68 Å². The summed E-state index contributed by atoms with van der Waals surface area (Å²) < 4.78 is 6.85. The van der Waals surface area contributed by atoms with Crippen LogP contribution >= 0.6 is 15.9 Å². The first kappa shape index (κ1) is 9.25. The first-order valence-corrected chi connectivity index (χ1v) is 4.14. The maximum Gasteiger partial charge on any atom is 0.359 e. The SMILES string of the molecule is COC(=O)c1nn(C)c(C)c1Br. The number of carbonyl (C=O) groups is 1. The fourth-order valence-corrected chi connectivity index (χ4v) is 1.31. The Hall–Kier alpha value is -0.840. The molecular formula is C7H9BrN2O2. The molecule has 0 amide bonds. The molecule has 1 aromatic heterocycles. The summed E-state index contributed by atoms with van der Waals surface area (Å²) in [6.07, 6.45) is 0. The van der Waals surface area contributed by atoms with Gasteiger partial charge in [0.05, 0.1) is 17.3 Å². The molecule has 0 aliphatic heterocycles. The van der Waals surface area contributed by atoms with Gasteiger partial charge in [-0.15, -0.1) is 0 Å². The summed E-state index contributed by atoms with van der Waals surface area (Å²) in [4.78, 5) is 11.1. The summed E-state index contributed by atoms with van der Waals surface area (Å²) in [6, 6.07) is 0. The van der Waals surface area contributed by atoms with E-state index >= 15 is 0 Å². The molecule has 0 unspecified atom stereocenters. The molecule has 0 aliphatic carbocycles. The number of hydrogen-bond acceptors (Lipinski definition) is 3. The van der Waals surface area contributed by atoms with Crippen LogP contribution in [0.3, 0.4) is 0 Å². The molecule has 1 aromatic rings. The van der Waals surface area contributed by atoms with Gasteiger partial charge in [-0.25, -0.2) is 4.79 Å². The number of aromatic nitrogens is 2.